The van der Waals surface area contributed by atoms with Crippen LogP contribution in [-0.2, 0) is 6.18 Å². The first kappa shape index (κ1) is 11.3. The number of hydrogen-bond acceptors (Lipinski definition) is 0. The Bertz CT molecular complexity index is 518. The largest absolute Gasteiger partial charge is 0.416 e. The average Bonchev–Trinajstić information content (AvgIpc) is 2.46. The molecule has 0 aliphatic carbocycles. The van der Waals surface area contributed by atoms with Crippen LogP contribution in [0.15, 0.2) is 22.8 Å². The second kappa shape index (κ2) is 3.65. The van der Waals surface area contributed by atoms with Gasteiger partial charge in [0.1, 0.15) is 0 Å². The fourth-order valence-electron chi connectivity index (χ4n) is 1.34. The fourth-order valence-corrected chi connectivity index (χ4v) is 3.12. The predicted molar refractivity (Wildman–Crippen MR) is 63.7 cm³/mol. The minimum atomic E-state index is -4.31. The molecule has 0 amide bonds. The van der Waals surface area contributed by atoms with Crippen LogP contribution in [0.2, 0.25) is 0 Å². The summed E-state index contributed by atoms with van der Waals surface area (Å²) >= 11 is 5.21. The normalized spacial score (nSPS) is 12.3. The van der Waals surface area contributed by atoms with Crippen molar-refractivity contribution in [3.8, 4) is 0 Å². The van der Waals surface area contributed by atoms with E-state index in [2.05, 4.69) is 43.5 Å². The molecule has 0 aliphatic heterocycles. The molecule has 1 nitrogen and oxygen atoms in total. The number of H-pyrrole nitrogens is 1. The first-order valence-electron chi connectivity index (χ1n) is 3.93. The summed E-state index contributed by atoms with van der Waals surface area (Å²) in [6.45, 7) is 0. The number of alkyl halides is 3. The van der Waals surface area contributed by atoms with Gasteiger partial charge in [-0.3, -0.25) is 0 Å². The maximum absolute atomic E-state index is 12.5. The Morgan fingerprint density at radius 3 is 2.53 bits per heavy atom. The lowest BCUT2D eigenvalue weighted by Gasteiger charge is -2.07. The average molecular weight is 390 g/mol. The molecular weight excluding hydrogens is 386 g/mol. The number of halogens is 5. The van der Waals surface area contributed by atoms with Crippen molar-refractivity contribution in [2.24, 2.45) is 0 Å². The number of hydrogen-bond donors (Lipinski definition) is 1. The van der Waals surface area contributed by atoms with Crippen molar-refractivity contribution < 1.29 is 13.2 Å². The van der Waals surface area contributed by atoms with Crippen LogP contribution in [0.25, 0.3) is 10.9 Å². The van der Waals surface area contributed by atoms with Gasteiger partial charge in [0.25, 0.3) is 0 Å². The van der Waals surface area contributed by atoms with E-state index in [1.54, 1.807) is 6.20 Å². The molecule has 2 aromatic rings. The lowest BCUT2D eigenvalue weighted by atomic mass is 10.1. The molecule has 0 saturated carbocycles. The predicted octanol–water partition coefficient (Wildman–Crippen LogP) is 4.55. The summed E-state index contributed by atoms with van der Waals surface area (Å²) in [5, 5.41) is 0.781. The Morgan fingerprint density at radius 1 is 1.27 bits per heavy atom. The van der Waals surface area contributed by atoms with Crippen molar-refractivity contribution in [2.45, 2.75) is 6.18 Å². The summed E-state index contributed by atoms with van der Waals surface area (Å²) in [7, 11) is 0. The maximum Gasteiger partial charge on any atom is 0.416 e. The van der Waals surface area contributed by atoms with Crippen molar-refractivity contribution in [1.29, 1.82) is 0 Å². The van der Waals surface area contributed by atoms with Crippen LogP contribution in [0, 0.1) is 3.57 Å². The Hall–Kier alpha value is -0.240. The second-order valence-corrected chi connectivity index (χ2v) is 5.03. The summed E-state index contributed by atoms with van der Waals surface area (Å²) in [5.74, 6) is 0. The van der Waals surface area contributed by atoms with Crippen LogP contribution < -0.4 is 0 Å². The third kappa shape index (κ3) is 2.01. The molecular formula is C9H4BrF3IN. The van der Waals surface area contributed by atoms with Crippen LogP contribution in [-0.4, -0.2) is 4.98 Å². The van der Waals surface area contributed by atoms with Gasteiger partial charge in [-0.05, 0) is 34.7 Å². The van der Waals surface area contributed by atoms with E-state index in [4.69, 9.17) is 0 Å². The molecule has 1 aromatic carbocycles. The molecule has 0 aliphatic rings. The van der Waals surface area contributed by atoms with Crippen LogP contribution in [0.5, 0.6) is 0 Å². The molecule has 1 N–H and O–H groups in total. The van der Waals surface area contributed by atoms with Crippen LogP contribution >= 0.6 is 38.5 Å². The Balaban J connectivity index is 2.74. The highest BCUT2D eigenvalue weighted by molar-refractivity contribution is 14.1. The summed E-state index contributed by atoms with van der Waals surface area (Å²) in [6.07, 6.45) is -2.64. The Labute approximate surface area is 105 Å². The monoisotopic (exact) mass is 389 g/mol. The van der Waals surface area contributed by atoms with Crippen LogP contribution in [0.3, 0.4) is 0 Å². The second-order valence-electron chi connectivity index (χ2n) is 3.02. The first-order valence-corrected chi connectivity index (χ1v) is 5.80. The quantitative estimate of drug-likeness (QED) is 0.636. The summed E-state index contributed by atoms with van der Waals surface area (Å²) in [6, 6.07) is 2.21. The van der Waals surface area contributed by atoms with Gasteiger partial charge in [0.05, 0.1) is 5.56 Å². The van der Waals surface area contributed by atoms with Gasteiger partial charge in [0.15, 0.2) is 0 Å². The van der Waals surface area contributed by atoms with E-state index in [9.17, 15) is 13.2 Å². The van der Waals surface area contributed by atoms with Gasteiger partial charge in [0, 0.05) is 25.1 Å². The molecule has 0 atom stereocenters. The van der Waals surface area contributed by atoms with Crippen LogP contribution in [0.1, 0.15) is 5.56 Å². The lowest BCUT2D eigenvalue weighted by molar-refractivity contribution is -0.137. The zero-order valence-corrected chi connectivity index (χ0v) is 10.9. The van der Waals surface area contributed by atoms with Gasteiger partial charge in [0.2, 0.25) is 0 Å². The lowest BCUT2D eigenvalue weighted by Crippen LogP contribution is -2.04. The van der Waals surface area contributed by atoms with Crippen molar-refractivity contribution in [1.82, 2.24) is 4.98 Å². The Kier molecular flexibility index (Phi) is 2.74. The highest BCUT2D eigenvalue weighted by atomic mass is 127. The van der Waals surface area contributed by atoms with Crippen molar-refractivity contribution >= 4 is 49.4 Å². The summed E-state index contributed by atoms with van der Waals surface area (Å²) in [4.78, 5) is 2.80. The van der Waals surface area contributed by atoms with E-state index in [1.807, 2.05) is 0 Å². The highest BCUT2D eigenvalue weighted by Crippen LogP contribution is 2.36. The molecule has 0 saturated heterocycles. The smallest absolute Gasteiger partial charge is 0.360 e. The number of aromatic amines is 1. The van der Waals surface area contributed by atoms with Crippen LogP contribution in [0.4, 0.5) is 13.2 Å². The molecule has 1 aromatic heterocycles. The molecule has 0 spiro atoms. The minimum Gasteiger partial charge on any atom is -0.360 e. The van der Waals surface area contributed by atoms with Gasteiger partial charge in [-0.25, -0.2) is 0 Å². The zero-order valence-electron chi connectivity index (χ0n) is 7.12. The SMILES string of the molecule is FC(F)(F)c1cc(Br)c2c(I)c[nH]c2c1. The van der Waals surface area contributed by atoms with Gasteiger partial charge < -0.3 is 4.98 Å². The zero-order chi connectivity index (χ0) is 11.2. The number of rotatable bonds is 0. The number of aromatic nitrogens is 1. The van der Waals surface area contributed by atoms with Gasteiger partial charge in [-0.2, -0.15) is 13.2 Å². The van der Waals surface area contributed by atoms with E-state index in [0.717, 1.165) is 21.1 Å². The van der Waals surface area contributed by atoms with Gasteiger partial charge in [-0.1, -0.05) is 15.9 Å². The number of fused-ring (bicyclic) bond motifs is 1. The highest BCUT2D eigenvalue weighted by Gasteiger charge is 2.31. The van der Waals surface area contributed by atoms with E-state index in [0.29, 0.717) is 9.99 Å². The standard InChI is InChI=1S/C9H4BrF3IN/c10-5-1-4(9(11,12)13)2-7-8(5)6(14)3-15-7/h1-3,15H. The fraction of sp³-hybridized carbons (Fsp3) is 0.111. The van der Waals surface area contributed by atoms with E-state index in [-0.39, 0.29) is 0 Å². The van der Waals surface area contributed by atoms with Crippen molar-refractivity contribution in [3.05, 3.63) is 31.9 Å². The maximum atomic E-state index is 12.5. The van der Waals surface area contributed by atoms with E-state index < -0.39 is 11.7 Å². The molecule has 0 radical (unpaired) electrons. The van der Waals surface area contributed by atoms with Crippen molar-refractivity contribution in [3.63, 3.8) is 0 Å². The van der Waals surface area contributed by atoms with Gasteiger partial charge in [-0.15, -0.1) is 0 Å². The van der Waals surface area contributed by atoms with Crippen molar-refractivity contribution in [2.75, 3.05) is 0 Å². The summed E-state index contributed by atoms with van der Waals surface area (Å²) in [5.41, 5.74) is -0.166. The topological polar surface area (TPSA) is 15.8 Å². The molecule has 0 bridgehead atoms. The number of nitrogens with one attached hydrogen (secondary N) is 1. The molecule has 2 rings (SSSR count). The molecule has 0 fully saturated rings. The molecule has 80 valence electrons. The minimum absolute atomic E-state index is 0.456. The third-order valence-corrected chi connectivity index (χ3v) is 3.49. The number of benzene rings is 1. The summed E-state index contributed by atoms with van der Waals surface area (Å²) < 4.78 is 38.7. The van der Waals surface area contributed by atoms with E-state index in [1.165, 1.54) is 0 Å². The molecule has 6 heteroatoms. The molecule has 15 heavy (non-hydrogen) atoms. The molecule has 0 unspecified atom stereocenters. The van der Waals surface area contributed by atoms with E-state index >= 15 is 0 Å². The Morgan fingerprint density at radius 2 is 1.93 bits per heavy atom. The first-order chi connectivity index (χ1) is 6.89. The third-order valence-electron chi connectivity index (χ3n) is 2.01. The van der Waals surface area contributed by atoms with Gasteiger partial charge >= 0.3 is 6.18 Å². The molecule has 1 heterocycles.